The molecular formula is C16H24BrNO. The highest BCUT2D eigenvalue weighted by molar-refractivity contribution is 9.10. The Morgan fingerprint density at radius 3 is 2.58 bits per heavy atom. The third-order valence-corrected chi connectivity index (χ3v) is 5.06. The predicted molar refractivity (Wildman–Crippen MR) is 83.3 cm³/mol. The fraction of sp³-hybridized carbons (Fsp3) is 0.625. The summed E-state index contributed by atoms with van der Waals surface area (Å²) in [6.45, 7) is 5.54. The first kappa shape index (κ1) is 14.9. The maximum Gasteiger partial charge on any atom is 0.134 e. The lowest BCUT2D eigenvalue weighted by atomic mass is 9.75. The van der Waals surface area contributed by atoms with Gasteiger partial charge in [0.05, 0.1) is 4.47 Å². The molecule has 0 spiro atoms. The van der Waals surface area contributed by atoms with Gasteiger partial charge in [-0.3, -0.25) is 4.90 Å². The van der Waals surface area contributed by atoms with Gasteiger partial charge in [-0.2, -0.15) is 0 Å². The van der Waals surface area contributed by atoms with E-state index in [2.05, 4.69) is 41.7 Å². The van der Waals surface area contributed by atoms with Crippen LogP contribution >= 0.6 is 15.9 Å². The highest BCUT2D eigenvalue weighted by Crippen LogP contribution is 2.37. The number of para-hydroxylation sites is 1. The molecule has 1 saturated carbocycles. The van der Waals surface area contributed by atoms with E-state index < -0.39 is 0 Å². The number of halogens is 1. The lowest BCUT2D eigenvalue weighted by Gasteiger charge is -2.38. The molecule has 1 aliphatic carbocycles. The number of nitrogens with zero attached hydrogens (tertiary/aromatic N) is 1. The molecule has 2 rings (SSSR count). The molecule has 0 atom stereocenters. The monoisotopic (exact) mass is 325 g/mol. The predicted octanol–water partition coefficient (Wildman–Crippen LogP) is 4.56. The van der Waals surface area contributed by atoms with Gasteiger partial charge in [0.1, 0.15) is 5.75 Å². The Hall–Kier alpha value is -0.540. The molecule has 1 aromatic rings. The largest absolute Gasteiger partial charge is 0.506 e. The summed E-state index contributed by atoms with van der Waals surface area (Å²) in [5, 5.41) is 10.1. The summed E-state index contributed by atoms with van der Waals surface area (Å²) in [7, 11) is 2.17. The zero-order chi connectivity index (χ0) is 14.0. The van der Waals surface area contributed by atoms with Gasteiger partial charge in [0, 0.05) is 18.2 Å². The van der Waals surface area contributed by atoms with Crippen molar-refractivity contribution >= 4 is 15.9 Å². The second-order valence-electron chi connectivity index (χ2n) is 6.56. The summed E-state index contributed by atoms with van der Waals surface area (Å²) < 4.78 is 0.781. The van der Waals surface area contributed by atoms with Gasteiger partial charge in [-0.1, -0.05) is 26.0 Å². The van der Waals surface area contributed by atoms with Crippen LogP contribution in [0, 0.1) is 5.41 Å². The standard InChI is InChI=1S/C16H24BrNO/c1-16(2)9-7-13(8-10-16)18(3)11-12-5-4-6-14(17)15(12)19/h4-6,13,19H,7-11H2,1-3H3. The Bertz CT molecular complexity index is 434. The number of hydrogen-bond donors (Lipinski definition) is 1. The minimum atomic E-state index is 0.380. The van der Waals surface area contributed by atoms with Crippen LogP contribution in [0.25, 0.3) is 0 Å². The van der Waals surface area contributed by atoms with E-state index in [-0.39, 0.29) is 0 Å². The van der Waals surface area contributed by atoms with Crippen molar-refractivity contribution in [1.82, 2.24) is 4.90 Å². The molecule has 0 bridgehead atoms. The Morgan fingerprint density at radius 2 is 1.95 bits per heavy atom. The number of hydrogen-bond acceptors (Lipinski definition) is 2. The van der Waals surface area contributed by atoms with Crippen LogP contribution in [-0.4, -0.2) is 23.1 Å². The Labute approximate surface area is 124 Å². The Morgan fingerprint density at radius 1 is 1.32 bits per heavy atom. The van der Waals surface area contributed by atoms with Crippen LogP contribution < -0.4 is 0 Å². The van der Waals surface area contributed by atoms with Crippen LogP contribution in [0.4, 0.5) is 0 Å². The molecule has 1 aromatic carbocycles. The normalized spacial score (nSPS) is 19.8. The van der Waals surface area contributed by atoms with Crippen LogP contribution in [0.2, 0.25) is 0 Å². The van der Waals surface area contributed by atoms with Gasteiger partial charge in [0.25, 0.3) is 0 Å². The minimum Gasteiger partial charge on any atom is -0.506 e. The van der Waals surface area contributed by atoms with Gasteiger partial charge < -0.3 is 5.11 Å². The number of rotatable bonds is 3. The van der Waals surface area contributed by atoms with Crippen molar-refractivity contribution in [2.75, 3.05) is 7.05 Å². The Kier molecular flexibility index (Phi) is 4.57. The SMILES string of the molecule is CN(Cc1cccc(Br)c1O)C1CCC(C)(C)CC1. The molecule has 1 N–H and O–H groups in total. The fourth-order valence-corrected chi connectivity index (χ4v) is 3.32. The van der Waals surface area contributed by atoms with E-state index in [4.69, 9.17) is 0 Å². The van der Waals surface area contributed by atoms with Gasteiger partial charge >= 0.3 is 0 Å². The highest BCUT2D eigenvalue weighted by atomic mass is 79.9. The maximum absolute atomic E-state index is 10.1. The molecule has 2 nitrogen and oxygen atoms in total. The molecule has 0 aromatic heterocycles. The summed E-state index contributed by atoms with van der Waals surface area (Å²) >= 11 is 3.38. The summed E-state index contributed by atoms with van der Waals surface area (Å²) in [4.78, 5) is 2.39. The van der Waals surface area contributed by atoms with Gasteiger partial charge in [-0.15, -0.1) is 0 Å². The van der Waals surface area contributed by atoms with Crippen molar-refractivity contribution in [1.29, 1.82) is 0 Å². The van der Waals surface area contributed by atoms with Crippen LogP contribution in [0.3, 0.4) is 0 Å². The van der Waals surface area contributed by atoms with Crippen molar-refractivity contribution in [2.45, 2.75) is 52.1 Å². The minimum absolute atomic E-state index is 0.380. The van der Waals surface area contributed by atoms with Crippen molar-refractivity contribution in [3.05, 3.63) is 28.2 Å². The van der Waals surface area contributed by atoms with E-state index in [0.717, 1.165) is 16.6 Å². The van der Waals surface area contributed by atoms with E-state index in [1.165, 1.54) is 25.7 Å². The molecule has 0 aliphatic heterocycles. The third-order valence-electron chi connectivity index (χ3n) is 4.42. The molecule has 3 heteroatoms. The first-order valence-electron chi connectivity index (χ1n) is 7.06. The van der Waals surface area contributed by atoms with E-state index in [0.29, 0.717) is 17.2 Å². The second kappa shape index (κ2) is 5.84. The number of phenolic OH excluding ortho intramolecular Hbond substituents is 1. The van der Waals surface area contributed by atoms with Crippen molar-refractivity contribution < 1.29 is 5.11 Å². The lowest BCUT2D eigenvalue weighted by Crippen LogP contribution is -2.36. The third kappa shape index (κ3) is 3.73. The van der Waals surface area contributed by atoms with Crippen molar-refractivity contribution in [3.8, 4) is 5.75 Å². The maximum atomic E-state index is 10.1. The summed E-state index contributed by atoms with van der Waals surface area (Å²) in [6.07, 6.45) is 5.12. The molecule has 19 heavy (non-hydrogen) atoms. The number of benzene rings is 1. The van der Waals surface area contributed by atoms with Gasteiger partial charge in [-0.05, 0) is 60.1 Å². The number of phenols is 1. The summed E-state index contributed by atoms with van der Waals surface area (Å²) in [5.41, 5.74) is 1.51. The van der Waals surface area contributed by atoms with Gasteiger partial charge in [-0.25, -0.2) is 0 Å². The lowest BCUT2D eigenvalue weighted by molar-refractivity contribution is 0.122. The molecule has 1 aliphatic rings. The molecule has 0 amide bonds. The smallest absolute Gasteiger partial charge is 0.134 e. The molecular weight excluding hydrogens is 302 g/mol. The zero-order valence-electron chi connectivity index (χ0n) is 12.1. The van der Waals surface area contributed by atoms with Crippen LogP contribution in [0.15, 0.2) is 22.7 Å². The van der Waals surface area contributed by atoms with Crippen LogP contribution in [0.5, 0.6) is 5.75 Å². The molecule has 0 unspecified atom stereocenters. The molecule has 1 fully saturated rings. The highest BCUT2D eigenvalue weighted by Gasteiger charge is 2.28. The average molecular weight is 326 g/mol. The molecule has 0 saturated heterocycles. The van der Waals surface area contributed by atoms with E-state index >= 15 is 0 Å². The summed E-state index contributed by atoms with van der Waals surface area (Å²) in [6, 6.07) is 6.51. The van der Waals surface area contributed by atoms with Gasteiger partial charge in [0.15, 0.2) is 0 Å². The van der Waals surface area contributed by atoms with Crippen molar-refractivity contribution in [2.24, 2.45) is 5.41 Å². The summed E-state index contributed by atoms with van der Waals surface area (Å²) in [5.74, 6) is 0.380. The molecule has 0 heterocycles. The Balaban J connectivity index is 1.98. The average Bonchev–Trinajstić information content (AvgIpc) is 2.35. The second-order valence-corrected chi connectivity index (χ2v) is 7.41. The molecule has 106 valence electrons. The van der Waals surface area contributed by atoms with Gasteiger partial charge in [0.2, 0.25) is 0 Å². The van der Waals surface area contributed by atoms with Crippen molar-refractivity contribution in [3.63, 3.8) is 0 Å². The van der Waals surface area contributed by atoms with E-state index in [9.17, 15) is 5.11 Å². The van der Waals surface area contributed by atoms with Crippen LogP contribution in [-0.2, 0) is 6.54 Å². The topological polar surface area (TPSA) is 23.5 Å². The first-order valence-corrected chi connectivity index (χ1v) is 7.85. The van der Waals surface area contributed by atoms with E-state index in [1.54, 1.807) is 0 Å². The fourth-order valence-electron chi connectivity index (χ4n) is 2.91. The quantitative estimate of drug-likeness (QED) is 0.880. The first-order chi connectivity index (χ1) is 8.89. The number of aromatic hydroxyl groups is 1. The van der Waals surface area contributed by atoms with Crippen LogP contribution in [0.1, 0.15) is 45.1 Å². The molecule has 0 radical (unpaired) electrons. The zero-order valence-corrected chi connectivity index (χ0v) is 13.7. The van der Waals surface area contributed by atoms with E-state index in [1.807, 2.05) is 18.2 Å².